The fraction of sp³-hybridized carbons (Fsp3) is 0.710. The van der Waals surface area contributed by atoms with Crippen LogP contribution < -0.4 is 10.6 Å². The van der Waals surface area contributed by atoms with Crippen molar-refractivity contribution >= 4 is 11.7 Å². The van der Waals surface area contributed by atoms with E-state index in [0.717, 1.165) is 56.5 Å². The van der Waals surface area contributed by atoms with Crippen molar-refractivity contribution in [2.45, 2.75) is 96.1 Å². The van der Waals surface area contributed by atoms with Gasteiger partial charge in [-0.05, 0) is 65.7 Å². The van der Waals surface area contributed by atoms with Gasteiger partial charge in [0.1, 0.15) is 17.3 Å². The molecule has 5 rings (SSSR count). The van der Waals surface area contributed by atoms with Gasteiger partial charge in [0.25, 0.3) is 5.91 Å². The van der Waals surface area contributed by atoms with Crippen LogP contribution in [0, 0.1) is 19.8 Å². The maximum absolute atomic E-state index is 13.6. The number of ether oxygens (including phenoxy) is 3. The molecule has 3 saturated heterocycles. The van der Waals surface area contributed by atoms with Crippen LogP contribution in [0.5, 0.6) is 0 Å². The Morgan fingerprint density at radius 1 is 1.12 bits per heavy atom. The molecule has 0 aromatic carbocycles. The molecule has 40 heavy (non-hydrogen) atoms. The summed E-state index contributed by atoms with van der Waals surface area (Å²) >= 11 is 0. The molecule has 1 unspecified atom stereocenters. The topological polar surface area (TPSA) is 97.8 Å². The van der Waals surface area contributed by atoms with Gasteiger partial charge in [-0.25, -0.2) is 9.97 Å². The summed E-state index contributed by atoms with van der Waals surface area (Å²) in [4.78, 5) is 24.8. The minimum absolute atomic E-state index is 0.00757. The zero-order chi connectivity index (χ0) is 28.1. The van der Waals surface area contributed by atoms with Crippen LogP contribution in [0.2, 0.25) is 0 Å². The normalized spacial score (nSPS) is 29.8. The monoisotopic (exact) mass is 553 g/mol. The third kappa shape index (κ3) is 7.11. The number of anilines is 1. The maximum atomic E-state index is 13.6. The van der Waals surface area contributed by atoms with E-state index in [2.05, 4.69) is 45.8 Å². The molecule has 0 spiro atoms. The second-order valence-electron chi connectivity index (χ2n) is 11.9. The minimum Gasteiger partial charge on any atom is -0.379 e. The molecule has 3 fully saturated rings. The number of nitrogens with zero attached hydrogens (tertiary/aromatic N) is 3. The molecular weight excluding hydrogens is 506 g/mol. The zero-order valence-corrected chi connectivity index (χ0v) is 24.7. The predicted molar refractivity (Wildman–Crippen MR) is 156 cm³/mol. The first-order chi connectivity index (χ1) is 19.4. The molecule has 1 amide bonds. The van der Waals surface area contributed by atoms with Crippen LogP contribution in [0.15, 0.2) is 23.8 Å². The summed E-state index contributed by atoms with van der Waals surface area (Å²) in [5, 5.41) is 7.27. The highest BCUT2D eigenvalue weighted by atomic mass is 16.5. The van der Waals surface area contributed by atoms with Crippen molar-refractivity contribution in [1.82, 2.24) is 20.2 Å². The van der Waals surface area contributed by atoms with Gasteiger partial charge < -0.3 is 29.7 Å². The van der Waals surface area contributed by atoms with Crippen LogP contribution in [0.3, 0.4) is 0 Å². The number of amides is 1. The van der Waals surface area contributed by atoms with E-state index in [4.69, 9.17) is 14.2 Å². The summed E-state index contributed by atoms with van der Waals surface area (Å²) < 4.78 is 17.7. The molecule has 4 heterocycles. The van der Waals surface area contributed by atoms with E-state index in [1.165, 1.54) is 12.0 Å². The number of rotatable bonds is 8. The SMILES string of the molecule is CO[C@H]1COCC[C@H]1NC1CCN(C(=O)c2nc(C)nc(NC[C@H]3CCC[C@@H](C4C=CC=C(C)C4)O3)c2C)CC1. The summed E-state index contributed by atoms with van der Waals surface area (Å²) in [6, 6.07) is 0.675. The van der Waals surface area contributed by atoms with Crippen LogP contribution in [0.25, 0.3) is 0 Å². The first-order valence-corrected chi connectivity index (χ1v) is 15.2. The summed E-state index contributed by atoms with van der Waals surface area (Å²) in [6.45, 7) is 9.51. The lowest BCUT2D eigenvalue weighted by Gasteiger charge is -2.38. The Bertz CT molecular complexity index is 1080. The van der Waals surface area contributed by atoms with Gasteiger partial charge in [-0.3, -0.25) is 4.79 Å². The lowest BCUT2D eigenvalue weighted by atomic mass is 9.86. The molecular formula is C31H47N5O4. The number of piperidine rings is 1. The summed E-state index contributed by atoms with van der Waals surface area (Å²) in [5.41, 5.74) is 2.73. The van der Waals surface area contributed by atoms with Crippen LogP contribution in [0.4, 0.5) is 5.82 Å². The Hall–Kier alpha value is -2.33. The van der Waals surface area contributed by atoms with Crippen molar-refractivity contribution in [3.8, 4) is 0 Å². The highest BCUT2D eigenvalue weighted by Gasteiger charge is 2.32. The average Bonchev–Trinajstić information content (AvgIpc) is 2.98. The number of likely N-dealkylation sites (tertiary alicyclic amines) is 1. The third-order valence-electron chi connectivity index (χ3n) is 8.95. The maximum Gasteiger partial charge on any atom is 0.272 e. The van der Waals surface area contributed by atoms with Gasteiger partial charge in [0.2, 0.25) is 0 Å². The highest BCUT2D eigenvalue weighted by molar-refractivity contribution is 5.94. The van der Waals surface area contributed by atoms with Crippen molar-refractivity contribution < 1.29 is 19.0 Å². The fourth-order valence-corrected chi connectivity index (χ4v) is 6.58. The second-order valence-corrected chi connectivity index (χ2v) is 11.9. The lowest BCUT2D eigenvalue weighted by Crippen LogP contribution is -2.54. The number of carbonyl (C=O) groups is 1. The third-order valence-corrected chi connectivity index (χ3v) is 8.95. The Kier molecular flexibility index (Phi) is 9.89. The quantitative estimate of drug-likeness (QED) is 0.499. The largest absolute Gasteiger partial charge is 0.379 e. The molecule has 1 aliphatic carbocycles. The van der Waals surface area contributed by atoms with E-state index in [1.54, 1.807) is 7.11 Å². The summed E-state index contributed by atoms with van der Waals surface area (Å²) in [5.74, 6) is 1.79. The van der Waals surface area contributed by atoms with Crippen LogP contribution >= 0.6 is 0 Å². The molecule has 3 aliphatic heterocycles. The molecule has 1 aromatic heterocycles. The van der Waals surface area contributed by atoms with E-state index in [0.29, 0.717) is 55.8 Å². The van der Waals surface area contributed by atoms with Gasteiger partial charge in [0.05, 0.1) is 24.9 Å². The number of nitrogens with one attached hydrogen (secondary N) is 2. The van der Waals surface area contributed by atoms with Gasteiger partial charge in [-0.1, -0.05) is 23.8 Å². The van der Waals surface area contributed by atoms with E-state index in [-0.39, 0.29) is 24.2 Å². The van der Waals surface area contributed by atoms with Gasteiger partial charge in [-0.2, -0.15) is 0 Å². The molecule has 4 aliphatic rings. The Balaban J connectivity index is 1.15. The Morgan fingerprint density at radius 2 is 1.95 bits per heavy atom. The molecule has 220 valence electrons. The standard InChI is InChI=1S/C31H47N5O4/c1-20-7-5-8-23(17-20)27-10-6-9-25(40-27)18-32-30-21(2)29(33-22(3)34-30)31(37)36-14-11-24(12-15-36)35-26-13-16-39-19-28(26)38-4/h5,7-8,23-28,35H,6,9-19H2,1-4H3,(H,32,33,34)/t23?,25-,26-,27+,28+/m1/s1. The molecule has 1 aromatic rings. The number of allylic oxidation sites excluding steroid dienone is 3. The number of aryl methyl sites for hydroxylation is 1. The van der Waals surface area contributed by atoms with Gasteiger partial charge >= 0.3 is 0 Å². The molecule has 0 radical (unpaired) electrons. The van der Waals surface area contributed by atoms with Crippen molar-refractivity contribution in [3.63, 3.8) is 0 Å². The number of hydrogen-bond donors (Lipinski definition) is 2. The first-order valence-electron chi connectivity index (χ1n) is 15.2. The van der Waals surface area contributed by atoms with Crippen LogP contribution in [-0.4, -0.2) is 91.1 Å². The molecule has 0 saturated carbocycles. The molecule has 2 N–H and O–H groups in total. The number of hydrogen-bond acceptors (Lipinski definition) is 8. The predicted octanol–water partition coefficient (Wildman–Crippen LogP) is 3.96. The van der Waals surface area contributed by atoms with Gasteiger partial charge in [-0.15, -0.1) is 0 Å². The van der Waals surface area contributed by atoms with Crippen LogP contribution in [-0.2, 0) is 14.2 Å². The number of aromatic nitrogens is 2. The van der Waals surface area contributed by atoms with Crippen molar-refractivity contribution in [1.29, 1.82) is 0 Å². The molecule has 5 atom stereocenters. The van der Waals surface area contributed by atoms with Crippen molar-refractivity contribution in [2.75, 3.05) is 45.3 Å². The minimum atomic E-state index is -0.00757. The Morgan fingerprint density at radius 3 is 2.73 bits per heavy atom. The fourth-order valence-electron chi connectivity index (χ4n) is 6.58. The smallest absolute Gasteiger partial charge is 0.272 e. The van der Waals surface area contributed by atoms with Crippen LogP contribution in [0.1, 0.15) is 73.7 Å². The average molecular weight is 554 g/mol. The first kappa shape index (κ1) is 29.2. The number of methoxy groups -OCH3 is 1. The lowest BCUT2D eigenvalue weighted by molar-refractivity contribution is -0.0619. The summed E-state index contributed by atoms with van der Waals surface area (Å²) in [6.07, 6.45) is 14.3. The van der Waals surface area contributed by atoms with E-state index in [1.807, 2.05) is 18.7 Å². The van der Waals surface area contributed by atoms with E-state index < -0.39 is 0 Å². The zero-order valence-electron chi connectivity index (χ0n) is 24.7. The summed E-state index contributed by atoms with van der Waals surface area (Å²) in [7, 11) is 1.75. The second kappa shape index (κ2) is 13.6. The van der Waals surface area contributed by atoms with Gasteiger partial charge in [0, 0.05) is 56.9 Å². The Labute approximate surface area is 239 Å². The number of carbonyl (C=O) groups excluding carboxylic acids is 1. The van der Waals surface area contributed by atoms with E-state index in [9.17, 15) is 4.79 Å². The molecule has 9 nitrogen and oxygen atoms in total. The van der Waals surface area contributed by atoms with E-state index >= 15 is 0 Å². The van der Waals surface area contributed by atoms with Gasteiger partial charge in [0.15, 0.2) is 0 Å². The molecule has 0 bridgehead atoms. The molecule has 9 heteroatoms. The van der Waals surface area contributed by atoms with Crippen molar-refractivity contribution in [2.24, 2.45) is 5.92 Å². The van der Waals surface area contributed by atoms with Crippen molar-refractivity contribution in [3.05, 3.63) is 40.9 Å². The highest BCUT2D eigenvalue weighted by Crippen LogP contribution is 2.31.